The maximum Gasteiger partial charge on any atom is 0.190 e. The largest absolute Gasteiger partial charge is 0.313 e. The Bertz CT molecular complexity index is 272. The summed E-state index contributed by atoms with van der Waals surface area (Å²) in [6, 6.07) is 0.668. The smallest absolute Gasteiger partial charge is 0.190 e. The molecule has 1 atom stereocenters. The maximum absolute atomic E-state index is 4.02. The van der Waals surface area contributed by atoms with Crippen molar-refractivity contribution in [3.05, 3.63) is 6.33 Å². The second-order valence-electron chi connectivity index (χ2n) is 3.33. The fraction of sp³-hybridized carbons (Fsp3) is 0.750. The Balaban J connectivity index is 0.000000980. The van der Waals surface area contributed by atoms with Gasteiger partial charge in [-0.15, -0.1) is 22.6 Å². The van der Waals surface area contributed by atoms with E-state index in [1.165, 1.54) is 19.4 Å². The molecule has 1 saturated heterocycles. The zero-order chi connectivity index (χ0) is 9.10. The predicted octanol–water partition coefficient (Wildman–Crippen LogP) is 1.08. The van der Waals surface area contributed by atoms with Crippen LogP contribution in [-0.2, 0) is 7.05 Å². The molecule has 0 radical (unpaired) electrons. The van der Waals surface area contributed by atoms with Crippen LogP contribution < -0.4 is 5.32 Å². The molecule has 1 aliphatic rings. The maximum atomic E-state index is 4.02. The van der Waals surface area contributed by atoms with Crippen LogP contribution >= 0.6 is 24.2 Å². The van der Waals surface area contributed by atoms with E-state index in [-0.39, 0.29) is 12.4 Å². The number of aryl methyl sites for hydroxylation is 1. The molecule has 0 saturated carbocycles. The number of hydrogen-bond donors (Lipinski definition) is 1. The first-order valence-corrected chi connectivity index (χ1v) is 5.55. The quantitative estimate of drug-likeness (QED) is 0.795. The standard InChI is InChI=1S/C8H14N4S.ClH/c1-12-6-10-11-8(12)13-5-7-3-2-4-9-7;/h6-7,9H,2-5H2,1H3;1H. The topological polar surface area (TPSA) is 42.7 Å². The van der Waals surface area contributed by atoms with Crippen molar-refractivity contribution in [2.75, 3.05) is 12.3 Å². The van der Waals surface area contributed by atoms with Gasteiger partial charge in [-0.25, -0.2) is 0 Å². The third-order valence-electron chi connectivity index (χ3n) is 2.25. The molecule has 14 heavy (non-hydrogen) atoms. The number of halogens is 1. The van der Waals surface area contributed by atoms with Gasteiger partial charge in [-0.05, 0) is 19.4 Å². The summed E-state index contributed by atoms with van der Waals surface area (Å²) in [5.41, 5.74) is 0. The molecule has 4 nitrogen and oxygen atoms in total. The van der Waals surface area contributed by atoms with E-state index in [4.69, 9.17) is 0 Å². The Hall–Kier alpha value is -0.260. The molecule has 80 valence electrons. The summed E-state index contributed by atoms with van der Waals surface area (Å²) in [5.74, 6) is 1.10. The molecule has 2 heterocycles. The number of aromatic nitrogens is 3. The van der Waals surface area contributed by atoms with E-state index >= 15 is 0 Å². The lowest BCUT2D eigenvalue weighted by molar-refractivity contribution is 0.671. The van der Waals surface area contributed by atoms with Gasteiger partial charge in [0.1, 0.15) is 6.33 Å². The van der Waals surface area contributed by atoms with Crippen LogP contribution in [0.4, 0.5) is 0 Å². The minimum atomic E-state index is 0. The molecule has 1 aromatic heterocycles. The summed E-state index contributed by atoms with van der Waals surface area (Å²) in [4.78, 5) is 0. The fourth-order valence-corrected chi connectivity index (χ4v) is 2.47. The summed E-state index contributed by atoms with van der Waals surface area (Å²) >= 11 is 1.78. The van der Waals surface area contributed by atoms with Crippen molar-refractivity contribution in [2.24, 2.45) is 7.05 Å². The molecule has 0 aromatic carbocycles. The Labute approximate surface area is 94.3 Å². The van der Waals surface area contributed by atoms with Gasteiger partial charge in [0, 0.05) is 18.8 Å². The predicted molar refractivity (Wildman–Crippen MR) is 60.0 cm³/mol. The fourth-order valence-electron chi connectivity index (χ4n) is 1.48. The molecule has 2 rings (SSSR count). The highest BCUT2D eigenvalue weighted by Gasteiger charge is 2.14. The van der Waals surface area contributed by atoms with E-state index in [9.17, 15) is 0 Å². The van der Waals surface area contributed by atoms with Crippen LogP contribution in [0.15, 0.2) is 11.5 Å². The zero-order valence-electron chi connectivity index (χ0n) is 8.14. The Morgan fingerprint density at radius 1 is 1.71 bits per heavy atom. The van der Waals surface area contributed by atoms with Crippen LogP contribution in [0.1, 0.15) is 12.8 Å². The Morgan fingerprint density at radius 3 is 3.14 bits per heavy atom. The van der Waals surface area contributed by atoms with Gasteiger partial charge >= 0.3 is 0 Å². The molecular weight excluding hydrogens is 220 g/mol. The van der Waals surface area contributed by atoms with Gasteiger partial charge < -0.3 is 9.88 Å². The number of nitrogens with zero attached hydrogens (tertiary/aromatic N) is 3. The summed E-state index contributed by atoms with van der Waals surface area (Å²) < 4.78 is 1.96. The third kappa shape index (κ3) is 2.87. The molecule has 1 aromatic rings. The van der Waals surface area contributed by atoms with Crippen molar-refractivity contribution in [3.8, 4) is 0 Å². The highest BCUT2D eigenvalue weighted by atomic mass is 35.5. The average Bonchev–Trinajstić information content (AvgIpc) is 2.72. The lowest BCUT2D eigenvalue weighted by Crippen LogP contribution is -2.23. The van der Waals surface area contributed by atoms with E-state index in [0.717, 1.165) is 10.9 Å². The number of rotatable bonds is 3. The highest BCUT2D eigenvalue weighted by molar-refractivity contribution is 7.99. The van der Waals surface area contributed by atoms with E-state index < -0.39 is 0 Å². The van der Waals surface area contributed by atoms with Gasteiger partial charge in [0.05, 0.1) is 0 Å². The van der Waals surface area contributed by atoms with Gasteiger partial charge in [-0.2, -0.15) is 0 Å². The molecule has 0 aliphatic carbocycles. The molecule has 6 heteroatoms. The van der Waals surface area contributed by atoms with E-state index in [2.05, 4.69) is 15.5 Å². The van der Waals surface area contributed by atoms with E-state index in [1.54, 1.807) is 18.1 Å². The Kier molecular flexibility index (Phi) is 4.71. The lowest BCUT2D eigenvalue weighted by Gasteiger charge is -2.07. The first-order valence-electron chi connectivity index (χ1n) is 4.56. The van der Waals surface area contributed by atoms with E-state index in [1.807, 2.05) is 11.6 Å². The van der Waals surface area contributed by atoms with Gasteiger partial charge in [0.15, 0.2) is 5.16 Å². The third-order valence-corrected chi connectivity index (χ3v) is 3.44. The van der Waals surface area contributed by atoms with Gasteiger partial charge in [0.25, 0.3) is 0 Å². The van der Waals surface area contributed by atoms with Gasteiger partial charge in [0.2, 0.25) is 0 Å². The number of hydrogen-bond acceptors (Lipinski definition) is 4. The highest BCUT2D eigenvalue weighted by Crippen LogP contribution is 2.18. The van der Waals surface area contributed by atoms with Gasteiger partial charge in [-0.3, -0.25) is 0 Å². The second kappa shape index (κ2) is 5.58. The van der Waals surface area contributed by atoms with Crippen LogP contribution in [0.2, 0.25) is 0 Å². The van der Waals surface area contributed by atoms with Crippen LogP contribution in [0.25, 0.3) is 0 Å². The van der Waals surface area contributed by atoms with Crippen molar-refractivity contribution in [3.63, 3.8) is 0 Å². The number of nitrogens with one attached hydrogen (secondary N) is 1. The van der Waals surface area contributed by atoms with Crippen molar-refractivity contribution in [1.82, 2.24) is 20.1 Å². The van der Waals surface area contributed by atoms with Crippen LogP contribution in [0, 0.1) is 0 Å². The molecule has 0 bridgehead atoms. The lowest BCUT2D eigenvalue weighted by atomic mass is 10.3. The zero-order valence-corrected chi connectivity index (χ0v) is 9.77. The number of thioether (sulfide) groups is 1. The van der Waals surface area contributed by atoms with Crippen molar-refractivity contribution in [1.29, 1.82) is 0 Å². The summed E-state index contributed by atoms with van der Waals surface area (Å²) in [5, 5.41) is 12.3. The normalized spacial score (nSPS) is 20.8. The molecular formula is C8H15ClN4S. The van der Waals surface area contributed by atoms with Gasteiger partial charge in [-0.1, -0.05) is 11.8 Å². The van der Waals surface area contributed by atoms with Crippen molar-refractivity contribution in [2.45, 2.75) is 24.0 Å². The molecule has 0 amide bonds. The first kappa shape index (κ1) is 11.8. The molecule has 0 spiro atoms. The SMILES string of the molecule is Cl.Cn1cnnc1SCC1CCCN1. The van der Waals surface area contributed by atoms with Crippen LogP contribution in [0.5, 0.6) is 0 Å². The van der Waals surface area contributed by atoms with Crippen molar-refractivity contribution < 1.29 is 0 Å². The minimum absolute atomic E-state index is 0. The molecule has 1 N–H and O–H groups in total. The minimum Gasteiger partial charge on any atom is -0.313 e. The first-order chi connectivity index (χ1) is 6.36. The van der Waals surface area contributed by atoms with E-state index in [0.29, 0.717) is 6.04 Å². The second-order valence-corrected chi connectivity index (χ2v) is 4.32. The summed E-state index contributed by atoms with van der Waals surface area (Å²) in [6.07, 6.45) is 4.35. The van der Waals surface area contributed by atoms with Crippen LogP contribution in [0.3, 0.4) is 0 Å². The Morgan fingerprint density at radius 2 is 2.57 bits per heavy atom. The average molecular weight is 235 g/mol. The summed E-state index contributed by atoms with van der Waals surface area (Å²) in [7, 11) is 1.98. The van der Waals surface area contributed by atoms with Crippen LogP contribution in [-0.4, -0.2) is 33.1 Å². The molecule has 1 aliphatic heterocycles. The monoisotopic (exact) mass is 234 g/mol. The van der Waals surface area contributed by atoms with Crippen molar-refractivity contribution >= 4 is 24.2 Å². The molecule has 1 unspecified atom stereocenters. The molecule has 1 fully saturated rings. The summed E-state index contributed by atoms with van der Waals surface area (Å²) in [6.45, 7) is 1.17.